The highest BCUT2D eigenvalue weighted by Gasteiger charge is 2.41. The molecule has 0 aromatic heterocycles. The van der Waals surface area contributed by atoms with Crippen LogP contribution in [-0.2, 0) is 11.2 Å². The minimum absolute atomic E-state index is 0.0940. The van der Waals surface area contributed by atoms with Crippen LogP contribution in [0.2, 0.25) is 5.02 Å². The molecule has 3 heteroatoms. The summed E-state index contributed by atoms with van der Waals surface area (Å²) < 4.78 is 0. The Morgan fingerprint density at radius 3 is 2.44 bits per heavy atom. The molecule has 2 aromatic carbocycles. The van der Waals surface area contributed by atoms with Crippen LogP contribution in [0.4, 0.5) is 0 Å². The third-order valence-corrected chi connectivity index (χ3v) is 5.88. The predicted molar refractivity (Wildman–Crippen MR) is 102 cm³/mol. The van der Waals surface area contributed by atoms with E-state index in [1.165, 1.54) is 0 Å². The van der Waals surface area contributed by atoms with Crippen molar-refractivity contribution in [2.75, 3.05) is 0 Å². The summed E-state index contributed by atoms with van der Waals surface area (Å²) in [7, 11) is 0. The maximum absolute atomic E-state index is 12.8. The molecule has 2 nitrogen and oxygen atoms in total. The van der Waals surface area contributed by atoms with Crippen LogP contribution in [0.5, 0.6) is 0 Å². The largest absolute Gasteiger partial charge is 0.511 e. The number of hydrogen-bond donors (Lipinski definition) is 1. The highest BCUT2D eigenvalue weighted by molar-refractivity contribution is 6.30. The number of benzene rings is 2. The fourth-order valence-corrected chi connectivity index (χ4v) is 4.35. The Morgan fingerprint density at radius 1 is 1.04 bits per heavy atom. The van der Waals surface area contributed by atoms with Crippen molar-refractivity contribution in [3.05, 3.63) is 64.4 Å². The van der Waals surface area contributed by atoms with Gasteiger partial charge in [0.1, 0.15) is 5.76 Å². The summed E-state index contributed by atoms with van der Waals surface area (Å²) in [6.45, 7) is 2.09. The number of hydrogen-bond acceptors (Lipinski definition) is 2. The van der Waals surface area contributed by atoms with Crippen molar-refractivity contribution in [2.45, 2.75) is 32.6 Å². The van der Waals surface area contributed by atoms with E-state index in [1.54, 1.807) is 0 Å². The minimum Gasteiger partial charge on any atom is -0.511 e. The smallest absolute Gasteiger partial charge is 0.169 e. The number of allylic oxidation sites excluding steroid dienone is 2. The van der Waals surface area contributed by atoms with E-state index in [0.717, 1.165) is 53.0 Å². The summed E-state index contributed by atoms with van der Waals surface area (Å²) in [6.07, 6.45) is 3.46. The normalized spacial score (nSPS) is 22.6. The zero-order valence-corrected chi connectivity index (χ0v) is 15.0. The summed E-state index contributed by atoms with van der Waals surface area (Å²) in [4.78, 5) is 12.8. The molecule has 0 saturated heterocycles. The average Bonchev–Trinajstić information content (AvgIpc) is 3.08. The Balaban J connectivity index is 1.80. The lowest BCUT2D eigenvalue weighted by Gasteiger charge is -2.23. The first kappa shape index (κ1) is 16.4. The second-order valence-electron chi connectivity index (χ2n) is 7.06. The van der Waals surface area contributed by atoms with Gasteiger partial charge in [0.05, 0.1) is 5.57 Å². The van der Waals surface area contributed by atoms with Gasteiger partial charge >= 0.3 is 0 Å². The number of ketones is 1. The van der Waals surface area contributed by atoms with Gasteiger partial charge in [-0.2, -0.15) is 0 Å². The van der Waals surface area contributed by atoms with Crippen LogP contribution in [0.3, 0.4) is 0 Å². The van der Waals surface area contributed by atoms with Crippen molar-refractivity contribution >= 4 is 23.0 Å². The van der Waals surface area contributed by atoms with Crippen molar-refractivity contribution in [2.24, 2.45) is 11.8 Å². The van der Waals surface area contributed by atoms with Gasteiger partial charge in [-0.05, 0) is 60.1 Å². The van der Waals surface area contributed by atoms with Gasteiger partial charge in [-0.1, -0.05) is 48.9 Å². The molecule has 0 aliphatic heterocycles. The highest BCUT2D eigenvalue weighted by atomic mass is 35.5. The molecule has 0 heterocycles. The Labute approximate surface area is 153 Å². The number of aliphatic hydroxyl groups is 1. The van der Waals surface area contributed by atoms with Gasteiger partial charge in [0.25, 0.3) is 0 Å². The Kier molecular flexibility index (Phi) is 4.16. The fraction of sp³-hybridized carbons (Fsp3) is 0.318. The lowest BCUT2D eigenvalue weighted by molar-refractivity contribution is -0.117. The molecule has 2 bridgehead atoms. The molecule has 2 atom stereocenters. The quantitative estimate of drug-likeness (QED) is 0.753. The average molecular weight is 353 g/mol. The number of rotatable bonds is 3. The maximum Gasteiger partial charge on any atom is 0.169 e. The number of Topliss-reactive ketones (excluding diaryl/α,β-unsaturated/α-hetero) is 1. The number of carbonyl (C=O) groups is 1. The van der Waals surface area contributed by atoms with Crippen molar-refractivity contribution < 1.29 is 9.90 Å². The molecule has 2 aliphatic carbocycles. The third kappa shape index (κ3) is 2.79. The van der Waals surface area contributed by atoms with Gasteiger partial charge in [-0.15, -0.1) is 0 Å². The molecule has 25 heavy (non-hydrogen) atoms. The molecule has 1 N–H and O–H groups in total. The monoisotopic (exact) mass is 352 g/mol. The molecular formula is C22H21ClO2. The van der Waals surface area contributed by atoms with Gasteiger partial charge in [-0.3, -0.25) is 4.79 Å². The van der Waals surface area contributed by atoms with E-state index in [9.17, 15) is 9.90 Å². The lowest BCUT2D eigenvalue weighted by atomic mass is 9.81. The standard InChI is InChI=1S/C22H21ClO2/c1-2-13-11-15(14-5-8-18(23)9-6-14)7-10-19(13)20-21(24)16-3-4-17(12-16)22(20)25/h5-11,16-17,24H,2-4,12H2,1H3. The van der Waals surface area contributed by atoms with E-state index in [2.05, 4.69) is 13.0 Å². The molecule has 0 spiro atoms. The zero-order valence-electron chi connectivity index (χ0n) is 14.3. The Hall–Kier alpha value is -2.06. The summed E-state index contributed by atoms with van der Waals surface area (Å²) in [5.41, 5.74) is 4.77. The first-order valence-electron chi connectivity index (χ1n) is 8.95. The SMILES string of the molecule is CCc1cc(-c2ccc(Cl)cc2)ccc1C1=C(O)C2CCC(C2)C1=O. The first-order valence-corrected chi connectivity index (χ1v) is 9.33. The van der Waals surface area contributed by atoms with E-state index in [1.807, 2.05) is 36.4 Å². The number of aliphatic hydroxyl groups excluding tert-OH is 1. The highest BCUT2D eigenvalue weighted by Crippen LogP contribution is 2.46. The molecule has 1 saturated carbocycles. The van der Waals surface area contributed by atoms with Crippen molar-refractivity contribution in [3.8, 4) is 11.1 Å². The second kappa shape index (κ2) is 6.34. The van der Waals surface area contributed by atoms with Gasteiger partial charge in [0.15, 0.2) is 5.78 Å². The number of carbonyl (C=O) groups excluding carboxylic acids is 1. The number of fused-ring (bicyclic) bond motifs is 2. The predicted octanol–water partition coefficient (Wildman–Crippen LogP) is 5.84. The summed E-state index contributed by atoms with van der Waals surface area (Å²) in [6, 6.07) is 13.9. The van der Waals surface area contributed by atoms with Gasteiger partial charge in [0, 0.05) is 16.9 Å². The molecule has 2 aliphatic rings. The number of aryl methyl sites for hydroxylation is 1. The summed E-state index contributed by atoms with van der Waals surface area (Å²) in [5, 5.41) is 11.4. The molecule has 4 rings (SSSR count). The lowest BCUT2D eigenvalue weighted by Crippen LogP contribution is -2.21. The van der Waals surface area contributed by atoms with Crippen LogP contribution in [0.1, 0.15) is 37.3 Å². The number of halogens is 1. The van der Waals surface area contributed by atoms with Crippen LogP contribution in [0.15, 0.2) is 48.2 Å². The Bertz CT molecular complexity index is 864. The van der Waals surface area contributed by atoms with Gasteiger partial charge in [-0.25, -0.2) is 0 Å². The summed E-state index contributed by atoms with van der Waals surface area (Å²) >= 11 is 5.98. The first-order chi connectivity index (χ1) is 12.1. The molecule has 2 aromatic rings. The molecule has 1 fully saturated rings. The summed E-state index contributed by atoms with van der Waals surface area (Å²) in [5.74, 6) is 0.697. The van der Waals surface area contributed by atoms with Crippen molar-refractivity contribution in [3.63, 3.8) is 0 Å². The molecule has 0 amide bonds. The van der Waals surface area contributed by atoms with Crippen molar-refractivity contribution in [1.29, 1.82) is 0 Å². The molecule has 128 valence electrons. The minimum atomic E-state index is 0.0940. The third-order valence-electron chi connectivity index (χ3n) is 5.63. The topological polar surface area (TPSA) is 37.3 Å². The van der Waals surface area contributed by atoms with E-state index in [-0.39, 0.29) is 17.6 Å². The van der Waals surface area contributed by atoms with E-state index >= 15 is 0 Å². The van der Waals surface area contributed by atoms with Crippen LogP contribution in [-0.4, -0.2) is 10.9 Å². The molecular weight excluding hydrogens is 332 g/mol. The van der Waals surface area contributed by atoms with Crippen LogP contribution >= 0.6 is 11.6 Å². The fourth-order valence-electron chi connectivity index (χ4n) is 4.23. The van der Waals surface area contributed by atoms with Crippen LogP contribution in [0, 0.1) is 11.8 Å². The second-order valence-corrected chi connectivity index (χ2v) is 7.50. The molecule has 0 radical (unpaired) electrons. The van der Waals surface area contributed by atoms with E-state index in [0.29, 0.717) is 11.3 Å². The van der Waals surface area contributed by atoms with Crippen molar-refractivity contribution in [1.82, 2.24) is 0 Å². The molecule has 2 unspecified atom stereocenters. The Morgan fingerprint density at radius 2 is 1.72 bits per heavy atom. The van der Waals surface area contributed by atoms with Crippen LogP contribution < -0.4 is 0 Å². The van der Waals surface area contributed by atoms with E-state index in [4.69, 9.17) is 11.6 Å². The van der Waals surface area contributed by atoms with Gasteiger partial charge < -0.3 is 5.11 Å². The zero-order chi connectivity index (χ0) is 17.6. The van der Waals surface area contributed by atoms with Crippen LogP contribution in [0.25, 0.3) is 16.7 Å². The maximum atomic E-state index is 12.8. The van der Waals surface area contributed by atoms with E-state index < -0.39 is 0 Å². The van der Waals surface area contributed by atoms with Gasteiger partial charge in [0.2, 0.25) is 0 Å².